The van der Waals surface area contributed by atoms with Crippen LogP contribution < -0.4 is 5.32 Å². The summed E-state index contributed by atoms with van der Waals surface area (Å²) in [7, 11) is 0. The number of hydrogen-bond acceptors (Lipinski definition) is 5. The molecule has 1 saturated heterocycles. The van der Waals surface area contributed by atoms with Gasteiger partial charge in [-0.05, 0) is 25.8 Å². The molecule has 1 aliphatic rings. The molecular formula is C10H15F3N4S. The lowest BCUT2D eigenvalue weighted by Crippen LogP contribution is -2.33. The van der Waals surface area contributed by atoms with E-state index in [0.717, 1.165) is 16.6 Å². The molecule has 0 spiro atoms. The van der Waals surface area contributed by atoms with Crippen molar-refractivity contribution in [1.82, 2.24) is 15.1 Å². The summed E-state index contributed by atoms with van der Waals surface area (Å²) in [4.78, 5) is 1.46. The van der Waals surface area contributed by atoms with Gasteiger partial charge >= 0.3 is 6.18 Å². The monoisotopic (exact) mass is 280 g/mol. The minimum Gasteiger partial charge on any atom is -0.360 e. The van der Waals surface area contributed by atoms with Crippen LogP contribution in [0.15, 0.2) is 0 Å². The van der Waals surface area contributed by atoms with Gasteiger partial charge in [0.1, 0.15) is 5.01 Å². The van der Waals surface area contributed by atoms with Crippen LogP contribution in [0.4, 0.5) is 18.3 Å². The molecule has 1 aromatic heterocycles. The van der Waals surface area contributed by atoms with E-state index in [1.54, 1.807) is 0 Å². The molecule has 2 rings (SSSR count). The van der Waals surface area contributed by atoms with Crippen LogP contribution in [-0.2, 0) is 0 Å². The van der Waals surface area contributed by atoms with Crippen molar-refractivity contribution in [2.45, 2.75) is 19.5 Å². The molecule has 0 amide bonds. The standard InChI is InChI=1S/C10H15F3N4S/c1-7-15-16-9(18-7)14-4-8-2-3-17(5-8)6-10(11,12)13/h8H,2-6H2,1H3,(H,14,16). The molecule has 1 unspecified atom stereocenters. The Morgan fingerprint density at radius 1 is 1.44 bits per heavy atom. The summed E-state index contributed by atoms with van der Waals surface area (Å²) in [6.07, 6.45) is -3.31. The lowest BCUT2D eigenvalue weighted by atomic mass is 10.1. The number of aromatic nitrogens is 2. The maximum atomic E-state index is 12.2. The highest BCUT2D eigenvalue weighted by atomic mass is 32.1. The third kappa shape index (κ3) is 4.09. The number of rotatable bonds is 4. The Balaban J connectivity index is 1.73. The van der Waals surface area contributed by atoms with Crippen LogP contribution in [0.2, 0.25) is 0 Å². The smallest absolute Gasteiger partial charge is 0.360 e. The van der Waals surface area contributed by atoms with E-state index >= 15 is 0 Å². The summed E-state index contributed by atoms with van der Waals surface area (Å²) in [6, 6.07) is 0. The highest BCUT2D eigenvalue weighted by Gasteiger charge is 2.34. The largest absolute Gasteiger partial charge is 0.401 e. The zero-order valence-electron chi connectivity index (χ0n) is 10.00. The Labute approximate surface area is 107 Å². The highest BCUT2D eigenvalue weighted by Crippen LogP contribution is 2.23. The van der Waals surface area contributed by atoms with Crippen LogP contribution in [0.1, 0.15) is 11.4 Å². The first-order valence-corrected chi connectivity index (χ1v) is 6.57. The van der Waals surface area contributed by atoms with Gasteiger partial charge in [0.2, 0.25) is 5.13 Å². The fourth-order valence-corrected chi connectivity index (χ4v) is 2.67. The van der Waals surface area contributed by atoms with Crippen molar-refractivity contribution >= 4 is 16.5 Å². The third-order valence-corrected chi connectivity index (χ3v) is 3.64. The molecule has 1 fully saturated rings. The molecule has 2 heterocycles. The first-order valence-electron chi connectivity index (χ1n) is 5.75. The zero-order chi connectivity index (χ0) is 13.2. The molecular weight excluding hydrogens is 265 g/mol. The molecule has 0 radical (unpaired) electrons. The maximum absolute atomic E-state index is 12.2. The predicted octanol–water partition coefficient (Wildman–Crippen LogP) is 2.14. The Hall–Kier alpha value is -0.890. The van der Waals surface area contributed by atoms with Crippen molar-refractivity contribution in [2.24, 2.45) is 5.92 Å². The number of hydrogen-bond donors (Lipinski definition) is 1. The fraction of sp³-hybridized carbons (Fsp3) is 0.800. The number of nitrogens with zero attached hydrogens (tertiary/aromatic N) is 3. The summed E-state index contributed by atoms with van der Waals surface area (Å²) in [5, 5.41) is 12.5. The van der Waals surface area contributed by atoms with Gasteiger partial charge in [0.05, 0.1) is 6.54 Å². The Morgan fingerprint density at radius 3 is 2.83 bits per heavy atom. The second-order valence-corrected chi connectivity index (χ2v) is 5.69. The third-order valence-electron chi connectivity index (χ3n) is 2.84. The highest BCUT2D eigenvalue weighted by molar-refractivity contribution is 7.15. The molecule has 0 aromatic carbocycles. The maximum Gasteiger partial charge on any atom is 0.401 e. The van der Waals surface area contributed by atoms with Crippen molar-refractivity contribution in [2.75, 3.05) is 31.5 Å². The first-order chi connectivity index (χ1) is 8.42. The fourth-order valence-electron chi connectivity index (χ4n) is 2.08. The molecule has 0 bridgehead atoms. The van der Waals surface area contributed by atoms with E-state index in [1.165, 1.54) is 16.2 Å². The number of likely N-dealkylation sites (tertiary alicyclic amines) is 1. The van der Waals surface area contributed by atoms with Crippen LogP contribution in [0.25, 0.3) is 0 Å². The van der Waals surface area contributed by atoms with Gasteiger partial charge in [-0.15, -0.1) is 10.2 Å². The van der Waals surface area contributed by atoms with E-state index in [0.29, 0.717) is 19.6 Å². The average Bonchev–Trinajstić information content (AvgIpc) is 2.82. The Kier molecular flexibility index (Phi) is 4.06. The molecule has 102 valence electrons. The van der Waals surface area contributed by atoms with E-state index < -0.39 is 12.7 Å². The summed E-state index contributed by atoms with van der Waals surface area (Å²) in [6.45, 7) is 2.72. The van der Waals surface area contributed by atoms with Crippen LogP contribution in [0.5, 0.6) is 0 Å². The van der Waals surface area contributed by atoms with Crippen LogP contribution in [-0.4, -0.2) is 47.5 Å². The minimum absolute atomic E-state index is 0.247. The molecule has 0 saturated carbocycles. The topological polar surface area (TPSA) is 41.1 Å². The van der Waals surface area contributed by atoms with Crippen molar-refractivity contribution in [1.29, 1.82) is 0 Å². The van der Waals surface area contributed by atoms with E-state index in [2.05, 4.69) is 15.5 Å². The molecule has 8 heteroatoms. The summed E-state index contributed by atoms with van der Waals surface area (Å²) >= 11 is 1.45. The number of nitrogens with one attached hydrogen (secondary N) is 1. The number of halogens is 3. The quantitative estimate of drug-likeness (QED) is 0.917. The summed E-state index contributed by atoms with van der Waals surface area (Å²) in [5.41, 5.74) is 0. The van der Waals surface area contributed by atoms with E-state index in [9.17, 15) is 13.2 Å². The zero-order valence-corrected chi connectivity index (χ0v) is 10.8. The van der Waals surface area contributed by atoms with Crippen molar-refractivity contribution in [3.63, 3.8) is 0 Å². The minimum atomic E-state index is -4.10. The lowest BCUT2D eigenvalue weighted by molar-refractivity contribution is -0.143. The number of anilines is 1. The second-order valence-electron chi connectivity index (χ2n) is 4.51. The van der Waals surface area contributed by atoms with Gasteiger partial charge in [-0.1, -0.05) is 11.3 Å². The molecule has 4 nitrogen and oxygen atoms in total. The first kappa shape index (κ1) is 13.5. The van der Waals surface area contributed by atoms with E-state index in [-0.39, 0.29) is 5.92 Å². The van der Waals surface area contributed by atoms with Crippen LogP contribution in [0.3, 0.4) is 0 Å². The normalized spacial score (nSPS) is 21.4. The van der Waals surface area contributed by atoms with Gasteiger partial charge in [-0.2, -0.15) is 13.2 Å². The van der Waals surface area contributed by atoms with Crippen LogP contribution >= 0.6 is 11.3 Å². The summed E-state index contributed by atoms with van der Waals surface area (Å²) in [5.74, 6) is 0.247. The van der Waals surface area contributed by atoms with E-state index in [1.807, 2.05) is 6.92 Å². The van der Waals surface area contributed by atoms with Crippen molar-refractivity contribution in [3.8, 4) is 0 Å². The van der Waals surface area contributed by atoms with Gasteiger partial charge in [0.25, 0.3) is 0 Å². The van der Waals surface area contributed by atoms with E-state index in [4.69, 9.17) is 0 Å². The number of aryl methyl sites for hydroxylation is 1. The Bertz CT molecular complexity index is 393. The number of alkyl halides is 3. The lowest BCUT2D eigenvalue weighted by Gasteiger charge is -2.17. The molecule has 0 aliphatic carbocycles. The second kappa shape index (κ2) is 5.40. The summed E-state index contributed by atoms with van der Waals surface area (Å²) < 4.78 is 36.6. The Morgan fingerprint density at radius 2 is 2.22 bits per heavy atom. The van der Waals surface area contributed by atoms with Crippen molar-refractivity contribution < 1.29 is 13.2 Å². The van der Waals surface area contributed by atoms with Gasteiger partial charge in [-0.25, -0.2) is 0 Å². The predicted molar refractivity (Wildman–Crippen MR) is 63.7 cm³/mol. The van der Waals surface area contributed by atoms with Gasteiger partial charge in [-0.3, -0.25) is 4.90 Å². The van der Waals surface area contributed by atoms with Crippen LogP contribution in [0, 0.1) is 12.8 Å². The van der Waals surface area contributed by atoms with Gasteiger partial charge in [0.15, 0.2) is 0 Å². The molecule has 18 heavy (non-hydrogen) atoms. The van der Waals surface area contributed by atoms with Gasteiger partial charge in [0, 0.05) is 13.1 Å². The van der Waals surface area contributed by atoms with Gasteiger partial charge < -0.3 is 5.32 Å². The SMILES string of the molecule is Cc1nnc(NCC2CCN(CC(F)(F)F)C2)s1. The molecule has 1 aromatic rings. The molecule has 1 N–H and O–H groups in total. The average molecular weight is 280 g/mol. The molecule has 1 atom stereocenters. The molecule has 1 aliphatic heterocycles. The van der Waals surface area contributed by atoms with Crippen molar-refractivity contribution in [3.05, 3.63) is 5.01 Å².